The maximum absolute atomic E-state index is 12.8. The van der Waals surface area contributed by atoms with E-state index in [9.17, 15) is 4.79 Å². The lowest BCUT2D eigenvalue weighted by atomic mass is 10.2. The molecule has 4 rings (SSSR count). The van der Waals surface area contributed by atoms with E-state index in [1.54, 1.807) is 0 Å². The van der Waals surface area contributed by atoms with Crippen LogP contribution in [0, 0.1) is 6.92 Å². The molecule has 0 spiro atoms. The van der Waals surface area contributed by atoms with Gasteiger partial charge in [0.2, 0.25) is 0 Å². The minimum Gasteiger partial charge on any atom is -0.368 e. The number of amides is 1. The summed E-state index contributed by atoms with van der Waals surface area (Å²) >= 11 is 0. The Balaban J connectivity index is 1.36. The van der Waals surface area contributed by atoms with E-state index >= 15 is 0 Å². The quantitative estimate of drug-likeness (QED) is 0.820. The molecule has 0 radical (unpaired) electrons. The van der Waals surface area contributed by atoms with Crippen LogP contribution in [0.4, 0.5) is 11.5 Å². The average molecular weight is 380 g/mol. The van der Waals surface area contributed by atoms with Crippen LogP contribution in [0.15, 0.2) is 36.4 Å². The summed E-state index contributed by atoms with van der Waals surface area (Å²) in [6, 6.07) is 12.3. The molecular weight excluding hydrogens is 350 g/mol. The standard InChI is InChI=1S/C22H29N5O/c1-18-7-6-8-19(17-18)25-13-15-27(16-14-25)22(28)20-9-10-21(24-23-20)26-11-4-2-3-5-12-26/h6-10,17H,2-5,11-16H2,1H3. The highest BCUT2D eigenvalue weighted by Crippen LogP contribution is 2.19. The third kappa shape index (κ3) is 4.26. The molecule has 0 saturated carbocycles. The van der Waals surface area contributed by atoms with Crippen molar-refractivity contribution < 1.29 is 4.79 Å². The van der Waals surface area contributed by atoms with Crippen molar-refractivity contribution in [2.24, 2.45) is 0 Å². The fourth-order valence-corrected chi connectivity index (χ4v) is 4.06. The normalized spacial score (nSPS) is 18.1. The van der Waals surface area contributed by atoms with Crippen LogP contribution in [0.2, 0.25) is 0 Å². The lowest BCUT2D eigenvalue weighted by Crippen LogP contribution is -2.49. The number of carbonyl (C=O) groups is 1. The Kier molecular flexibility index (Phi) is 5.74. The lowest BCUT2D eigenvalue weighted by Gasteiger charge is -2.36. The van der Waals surface area contributed by atoms with Crippen LogP contribution in [0.25, 0.3) is 0 Å². The molecule has 0 atom stereocenters. The predicted molar refractivity (Wildman–Crippen MR) is 112 cm³/mol. The first-order valence-electron chi connectivity index (χ1n) is 10.4. The van der Waals surface area contributed by atoms with E-state index in [0.29, 0.717) is 18.8 Å². The molecule has 0 bridgehead atoms. The number of hydrogen-bond acceptors (Lipinski definition) is 5. The van der Waals surface area contributed by atoms with Gasteiger partial charge in [-0.15, -0.1) is 10.2 Å². The average Bonchev–Trinajstić information content (AvgIpc) is 3.03. The van der Waals surface area contributed by atoms with Gasteiger partial charge in [0.15, 0.2) is 11.5 Å². The number of carbonyl (C=O) groups excluding carboxylic acids is 1. The maximum Gasteiger partial charge on any atom is 0.274 e. The molecule has 0 unspecified atom stereocenters. The van der Waals surface area contributed by atoms with E-state index < -0.39 is 0 Å². The third-order valence-electron chi connectivity index (χ3n) is 5.73. The molecule has 1 aromatic carbocycles. The second-order valence-corrected chi connectivity index (χ2v) is 7.80. The SMILES string of the molecule is Cc1cccc(N2CCN(C(=O)c3ccc(N4CCCCCC4)nn3)CC2)c1. The van der Waals surface area contributed by atoms with Crippen LogP contribution < -0.4 is 9.80 Å². The largest absolute Gasteiger partial charge is 0.368 e. The van der Waals surface area contributed by atoms with E-state index in [4.69, 9.17) is 0 Å². The number of anilines is 2. The molecule has 6 nitrogen and oxygen atoms in total. The van der Waals surface area contributed by atoms with Crippen molar-refractivity contribution in [1.82, 2.24) is 15.1 Å². The van der Waals surface area contributed by atoms with Crippen LogP contribution in [-0.4, -0.2) is 60.3 Å². The molecule has 148 valence electrons. The van der Waals surface area contributed by atoms with E-state index in [1.807, 2.05) is 17.0 Å². The van der Waals surface area contributed by atoms with E-state index in [0.717, 1.165) is 32.0 Å². The Morgan fingerprint density at radius 3 is 2.21 bits per heavy atom. The zero-order valence-corrected chi connectivity index (χ0v) is 16.7. The van der Waals surface area contributed by atoms with Gasteiger partial charge in [-0.3, -0.25) is 4.79 Å². The first-order valence-corrected chi connectivity index (χ1v) is 10.4. The highest BCUT2D eigenvalue weighted by Gasteiger charge is 2.24. The van der Waals surface area contributed by atoms with Crippen molar-refractivity contribution in [2.75, 3.05) is 49.1 Å². The smallest absolute Gasteiger partial charge is 0.274 e. The second kappa shape index (κ2) is 8.59. The first-order chi connectivity index (χ1) is 13.7. The van der Waals surface area contributed by atoms with Gasteiger partial charge in [0.05, 0.1) is 0 Å². The molecule has 2 aliphatic heterocycles. The Hall–Kier alpha value is -2.63. The van der Waals surface area contributed by atoms with Crippen molar-refractivity contribution in [3.63, 3.8) is 0 Å². The van der Waals surface area contributed by atoms with Gasteiger partial charge < -0.3 is 14.7 Å². The fourth-order valence-electron chi connectivity index (χ4n) is 4.06. The van der Waals surface area contributed by atoms with Crippen LogP contribution >= 0.6 is 0 Å². The molecule has 2 aromatic rings. The number of nitrogens with zero attached hydrogens (tertiary/aromatic N) is 5. The fraction of sp³-hybridized carbons (Fsp3) is 0.500. The minimum atomic E-state index is -0.0150. The van der Waals surface area contributed by atoms with Gasteiger partial charge in [-0.2, -0.15) is 0 Å². The highest BCUT2D eigenvalue weighted by molar-refractivity contribution is 5.92. The maximum atomic E-state index is 12.8. The summed E-state index contributed by atoms with van der Waals surface area (Å²) in [5, 5.41) is 8.60. The molecule has 1 aromatic heterocycles. The van der Waals surface area contributed by atoms with Crippen LogP contribution in [0.1, 0.15) is 41.7 Å². The van der Waals surface area contributed by atoms with Crippen molar-refractivity contribution in [3.8, 4) is 0 Å². The highest BCUT2D eigenvalue weighted by atomic mass is 16.2. The number of hydrogen-bond donors (Lipinski definition) is 0. The van der Waals surface area contributed by atoms with Gasteiger partial charge in [0.25, 0.3) is 5.91 Å². The first kappa shape index (κ1) is 18.7. The number of benzene rings is 1. The Labute approximate surface area is 167 Å². The molecule has 2 aliphatic rings. The van der Waals surface area contributed by atoms with Gasteiger partial charge in [0.1, 0.15) is 0 Å². The van der Waals surface area contributed by atoms with Gasteiger partial charge in [-0.05, 0) is 49.6 Å². The summed E-state index contributed by atoms with van der Waals surface area (Å²) in [5.41, 5.74) is 2.94. The van der Waals surface area contributed by atoms with Crippen molar-refractivity contribution in [1.29, 1.82) is 0 Å². The molecule has 0 N–H and O–H groups in total. The van der Waals surface area contributed by atoms with Crippen LogP contribution in [0.3, 0.4) is 0 Å². The second-order valence-electron chi connectivity index (χ2n) is 7.80. The lowest BCUT2D eigenvalue weighted by molar-refractivity contribution is 0.0739. The number of aryl methyl sites for hydroxylation is 1. The molecule has 2 saturated heterocycles. The summed E-state index contributed by atoms with van der Waals surface area (Å²) in [4.78, 5) is 19.3. The van der Waals surface area contributed by atoms with E-state index in [-0.39, 0.29) is 5.91 Å². The molecule has 28 heavy (non-hydrogen) atoms. The van der Waals surface area contributed by atoms with E-state index in [1.165, 1.54) is 36.9 Å². The topological polar surface area (TPSA) is 52.6 Å². The molecule has 1 amide bonds. The molecule has 3 heterocycles. The zero-order chi connectivity index (χ0) is 19.3. The van der Waals surface area contributed by atoms with Gasteiger partial charge >= 0.3 is 0 Å². The Morgan fingerprint density at radius 1 is 0.821 bits per heavy atom. The summed E-state index contributed by atoms with van der Waals surface area (Å²) in [7, 11) is 0. The predicted octanol–water partition coefficient (Wildman–Crippen LogP) is 3.13. The molecular formula is C22H29N5O. The van der Waals surface area contributed by atoms with Gasteiger partial charge in [-0.1, -0.05) is 25.0 Å². The monoisotopic (exact) mass is 379 g/mol. The summed E-state index contributed by atoms with van der Waals surface area (Å²) < 4.78 is 0. The van der Waals surface area contributed by atoms with E-state index in [2.05, 4.69) is 51.2 Å². The van der Waals surface area contributed by atoms with Crippen LogP contribution in [-0.2, 0) is 0 Å². The minimum absolute atomic E-state index is 0.0150. The number of aromatic nitrogens is 2. The molecule has 0 aliphatic carbocycles. The van der Waals surface area contributed by atoms with Gasteiger partial charge in [0, 0.05) is 45.0 Å². The molecule has 2 fully saturated rings. The number of piperazine rings is 1. The Bertz CT molecular complexity index is 791. The summed E-state index contributed by atoms with van der Waals surface area (Å²) in [6.07, 6.45) is 4.98. The van der Waals surface area contributed by atoms with Crippen molar-refractivity contribution in [3.05, 3.63) is 47.7 Å². The summed E-state index contributed by atoms with van der Waals surface area (Å²) in [6.45, 7) is 7.27. The third-order valence-corrected chi connectivity index (χ3v) is 5.73. The zero-order valence-electron chi connectivity index (χ0n) is 16.7. The Morgan fingerprint density at radius 2 is 1.57 bits per heavy atom. The van der Waals surface area contributed by atoms with Crippen molar-refractivity contribution in [2.45, 2.75) is 32.6 Å². The van der Waals surface area contributed by atoms with Gasteiger partial charge in [-0.25, -0.2) is 0 Å². The van der Waals surface area contributed by atoms with Crippen molar-refractivity contribution >= 4 is 17.4 Å². The van der Waals surface area contributed by atoms with Crippen LogP contribution in [0.5, 0.6) is 0 Å². The summed E-state index contributed by atoms with van der Waals surface area (Å²) in [5.74, 6) is 0.876. The molecule has 6 heteroatoms. The number of rotatable bonds is 3.